The van der Waals surface area contributed by atoms with Crippen molar-refractivity contribution in [3.8, 4) is 10.4 Å². The molecular formula is C18H14N2O3S2. The van der Waals surface area contributed by atoms with E-state index < -0.39 is 5.97 Å². The quantitative estimate of drug-likeness (QED) is 0.509. The third-order valence-corrected chi connectivity index (χ3v) is 6.18. The Labute approximate surface area is 151 Å². The first kappa shape index (κ1) is 16.0. The first-order chi connectivity index (χ1) is 12.1. The second kappa shape index (κ2) is 6.09. The number of nitrogens with zero attached hydrogens (tertiary/aromatic N) is 2. The number of carbonyl (C=O) groups excluding carboxylic acids is 1. The number of thiophene rings is 1. The lowest BCUT2D eigenvalue weighted by atomic mass is 10.2. The monoisotopic (exact) mass is 370 g/mol. The van der Waals surface area contributed by atoms with E-state index in [-0.39, 0.29) is 5.56 Å². The predicted molar refractivity (Wildman–Crippen MR) is 101 cm³/mol. The highest BCUT2D eigenvalue weighted by atomic mass is 32.1. The number of fused-ring (bicyclic) bond motifs is 2. The van der Waals surface area contributed by atoms with Crippen LogP contribution in [-0.4, -0.2) is 22.0 Å². The molecule has 0 radical (unpaired) electrons. The highest BCUT2D eigenvalue weighted by molar-refractivity contribution is 7.22. The Kier molecular flexibility index (Phi) is 3.89. The van der Waals surface area contributed by atoms with Crippen LogP contribution in [0.4, 0.5) is 0 Å². The summed E-state index contributed by atoms with van der Waals surface area (Å²) in [5.41, 5.74) is 2.15. The number of thiazole rings is 1. The van der Waals surface area contributed by atoms with E-state index in [0.717, 1.165) is 10.4 Å². The van der Waals surface area contributed by atoms with E-state index in [9.17, 15) is 9.59 Å². The van der Waals surface area contributed by atoms with E-state index in [1.54, 1.807) is 13.8 Å². The topological polar surface area (TPSA) is 60.7 Å². The van der Waals surface area contributed by atoms with Crippen molar-refractivity contribution in [3.63, 3.8) is 0 Å². The van der Waals surface area contributed by atoms with E-state index in [0.29, 0.717) is 32.4 Å². The molecule has 0 saturated carbocycles. The molecule has 5 nitrogen and oxygen atoms in total. The first-order valence-corrected chi connectivity index (χ1v) is 9.41. The largest absolute Gasteiger partial charge is 0.462 e. The maximum Gasteiger partial charge on any atom is 0.350 e. The van der Waals surface area contributed by atoms with Crippen molar-refractivity contribution in [1.82, 2.24) is 9.38 Å². The van der Waals surface area contributed by atoms with Gasteiger partial charge in [-0.1, -0.05) is 41.7 Å². The Morgan fingerprint density at radius 3 is 2.72 bits per heavy atom. The summed E-state index contributed by atoms with van der Waals surface area (Å²) >= 11 is 2.61. The van der Waals surface area contributed by atoms with Crippen molar-refractivity contribution in [2.24, 2.45) is 0 Å². The molecule has 3 aromatic heterocycles. The molecular weight excluding hydrogens is 356 g/mol. The van der Waals surface area contributed by atoms with Gasteiger partial charge in [0.15, 0.2) is 4.96 Å². The molecule has 1 aromatic carbocycles. The SMILES string of the molecule is CCOC(=O)c1sc2nc3cc(-c4ccccc4)sc3c(=O)n2c1C. The van der Waals surface area contributed by atoms with Crippen LogP contribution in [0.2, 0.25) is 0 Å². The second-order valence-electron chi connectivity index (χ2n) is 5.46. The lowest BCUT2D eigenvalue weighted by molar-refractivity contribution is 0.0531. The molecule has 4 rings (SSSR count). The van der Waals surface area contributed by atoms with Gasteiger partial charge in [0.05, 0.1) is 17.8 Å². The molecule has 4 aromatic rings. The van der Waals surface area contributed by atoms with Gasteiger partial charge in [-0.05, 0) is 25.5 Å². The molecule has 0 saturated heterocycles. The van der Waals surface area contributed by atoms with Gasteiger partial charge in [0, 0.05) is 4.88 Å². The number of ether oxygens (including phenoxy) is 1. The van der Waals surface area contributed by atoms with Gasteiger partial charge in [-0.2, -0.15) is 0 Å². The Bertz CT molecular complexity index is 1160. The van der Waals surface area contributed by atoms with Gasteiger partial charge in [0.1, 0.15) is 9.58 Å². The number of carbonyl (C=O) groups is 1. The number of esters is 1. The molecule has 0 spiro atoms. The zero-order valence-electron chi connectivity index (χ0n) is 13.6. The van der Waals surface area contributed by atoms with Gasteiger partial charge in [-0.15, -0.1) is 11.3 Å². The molecule has 0 atom stereocenters. The summed E-state index contributed by atoms with van der Waals surface area (Å²) in [5.74, 6) is -0.414. The average molecular weight is 370 g/mol. The highest BCUT2D eigenvalue weighted by Crippen LogP contribution is 2.32. The Hall–Kier alpha value is -2.51. The van der Waals surface area contributed by atoms with Gasteiger partial charge in [-0.3, -0.25) is 9.20 Å². The minimum atomic E-state index is -0.414. The van der Waals surface area contributed by atoms with E-state index in [4.69, 9.17) is 4.74 Å². The Balaban J connectivity index is 1.94. The lowest BCUT2D eigenvalue weighted by Crippen LogP contribution is -2.14. The number of benzene rings is 1. The molecule has 0 N–H and O–H groups in total. The average Bonchev–Trinajstić information content (AvgIpc) is 3.18. The zero-order chi connectivity index (χ0) is 17.6. The summed E-state index contributed by atoms with van der Waals surface area (Å²) in [6, 6.07) is 11.8. The van der Waals surface area contributed by atoms with Gasteiger partial charge in [-0.25, -0.2) is 9.78 Å². The number of hydrogen-bond donors (Lipinski definition) is 0. The Morgan fingerprint density at radius 1 is 1.24 bits per heavy atom. The predicted octanol–water partition coefficient (Wildman–Crippen LogP) is 4.12. The molecule has 0 amide bonds. The van der Waals surface area contributed by atoms with E-state index >= 15 is 0 Å². The third-order valence-electron chi connectivity index (χ3n) is 3.89. The highest BCUT2D eigenvalue weighted by Gasteiger charge is 2.21. The van der Waals surface area contributed by atoms with Crippen LogP contribution in [0.1, 0.15) is 22.3 Å². The Morgan fingerprint density at radius 2 is 2.00 bits per heavy atom. The van der Waals surface area contributed by atoms with Crippen LogP contribution in [0.3, 0.4) is 0 Å². The molecule has 3 heterocycles. The van der Waals surface area contributed by atoms with Crippen molar-refractivity contribution in [2.75, 3.05) is 6.61 Å². The summed E-state index contributed by atoms with van der Waals surface area (Å²) in [6.07, 6.45) is 0. The minimum Gasteiger partial charge on any atom is -0.462 e. The summed E-state index contributed by atoms with van der Waals surface area (Å²) in [4.78, 5) is 31.5. The maximum absolute atomic E-state index is 12.9. The summed E-state index contributed by atoms with van der Waals surface area (Å²) in [7, 11) is 0. The van der Waals surface area contributed by atoms with Gasteiger partial charge < -0.3 is 4.74 Å². The summed E-state index contributed by atoms with van der Waals surface area (Å²) < 4.78 is 7.16. The molecule has 0 unspecified atom stereocenters. The third kappa shape index (κ3) is 2.56. The molecule has 25 heavy (non-hydrogen) atoms. The van der Waals surface area contributed by atoms with Gasteiger partial charge in [0.2, 0.25) is 0 Å². The molecule has 0 fully saturated rings. The minimum absolute atomic E-state index is 0.142. The van der Waals surface area contributed by atoms with Gasteiger partial charge in [0.25, 0.3) is 5.56 Å². The molecule has 0 bridgehead atoms. The smallest absolute Gasteiger partial charge is 0.350 e. The maximum atomic E-state index is 12.9. The zero-order valence-corrected chi connectivity index (χ0v) is 15.2. The molecule has 0 aliphatic rings. The molecule has 126 valence electrons. The van der Waals surface area contributed by atoms with Crippen molar-refractivity contribution in [2.45, 2.75) is 13.8 Å². The van der Waals surface area contributed by atoms with Crippen LogP contribution in [0.25, 0.3) is 25.6 Å². The van der Waals surface area contributed by atoms with Crippen molar-refractivity contribution >= 4 is 43.8 Å². The number of aromatic nitrogens is 2. The standard InChI is InChI=1S/C18H14N2O3S2/c1-3-23-17(22)14-10(2)20-16(21)15-12(19-18(20)25-14)9-13(24-15)11-7-5-4-6-8-11/h4-9H,3H2,1-2H3. The van der Waals surface area contributed by atoms with Crippen LogP contribution in [0.5, 0.6) is 0 Å². The second-order valence-corrected chi connectivity index (χ2v) is 7.49. The fourth-order valence-corrected chi connectivity index (χ4v) is 4.77. The summed E-state index contributed by atoms with van der Waals surface area (Å²) in [5, 5.41) is 0. The van der Waals surface area contributed by atoms with E-state index in [2.05, 4.69) is 4.98 Å². The van der Waals surface area contributed by atoms with Crippen LogP contribution in [0.15, 0.2) is 41.2 Å². The number of rotatable bonds is 3. The molecule has 0 aliphatic heterocycles. The fraction of sp³-hybridized carbons (Fsp3) is 0.167. The van der Waals surface area contributed by atoms with Crippen molar-refractivity contribution < 1.29 is 9.53 Å². The summed E-state index contributed by atoms with van der Waals surface area (Å²) in [6.45, 7) is 3.80. The van der Waals surface area contributed by atoms with Crippen molar-refractivity contribution in [1.29, 1.82) is 0 Å². The number of hydrogen-bond acceptors (Lipinski definition) is 6. The van der Waals surface area contributed by atoms with Gasteiger partial charge >= 0.3 is 5.97 Å². The van der Waals surface area contributed by atoms with Crippen LogP contribution in [0, 0.1) is 6.92 Å². The fourth-order valence-electron chi connectivity index (χ4n) is 2.72. The van der Waals surface area contributed by atoms with Crippen LogP contribution < -0.4 is 5.56 Å². The van der Waals surface area contributed by atoms with E-state index in [1.807, 2.05) is 36.4 Å². The molecule has 0 aliphatic carbocycles. The van der Waals surface area contributed by atoms with Crippen LogP contribution in [-0.2, 0) is 4.74 Å². The normalized spacial score (nSPS) is 11.3. The lowest BCUT2D eigenvalue weighted by Gasteiger charge is -1.99. The molecule has 7 heteroatoms. The first-order valence-electron chi connectivity index (χ1n) is 7.78. The van der Waals surface area contributed by atoms with E-state index in [1.165, 1.54) is 27.1 Å². The van der Waals surface area contributed by atoms with Crippen LogP contribution >= 0.6 is 22.7 Å². The van der Waals surface area contributed by atoms with Crippen molar-refractivity contribution in [3.05, 3.63) is 57.3 Å². The number of aryl methyl sites for hydroxylation is 1.